The summed E-state index contributed by atoms with van der Waals surface area (Å²) in [6.45, 7) is 1.85. The zero-order chi connectivity index (χ0) is 20.4. The van der Waals surface area contributed by atoms with Gasteiger partial charge >= 0.3 is 5.97 Å². The summed E-state index contributed by atoms with van der Waals surface area (Å²) in [5.41, 5.74) is 1.25. The minimum absolute atomic E-state index is 0.0809. The van der Waals surface area contributed by atoms with E-state index in [1.165, 1.54) is 11.8 Å². The number of carbonyl (C=O) groups is 2. The number of benzene rings is 2. The number of rotatable bonds is 7. The highest BCUT2D eigenvalue weighted by molar-refractivity contribution is 8.03. The number of aliphatic hydroxyl groups excluding tert-OH is 1. The van der Waals surface area contributed by atoms with E-state index >= 15 is 0 Å². The molecule has 0 bridgehead atoms. The van der Waals surface area contributed by atoms with Crippen molar-refractivity contribution in [2.45, 2.75) is 43.4 Å². The lowest BCUT2D eigenvalue weighted by atomic mass is 9.83. The molecule has 2 heterocycles. The molecule has 1 saturated heterocycles. The molecular weight excluding hydrogens is 386 g/mol. The Morgan fingerprint density at radius 1 is 1.17 bits per heavy atom. The molecule has 4 rings (SSSR count). The van der Waals surface area contributed by atoms with Gasteiger partial charge in [-0.05, 0) is 31.0 Å². The van der Waals surface area contributed by atoms with Crippen molar-refractivity contribution in [3.63, 3.8) is 0 Å². The standard InChI is InChI=1S/C23H23NO4S/c1-15(25)12-18-19-13-20(29-17-10-6-3-7-11-17)21(24(19)22(18)26)23(27)28-14-16-8-4-2-5-9-16/h2-11,15,18-19,25H,12-14H2,1H3. The van der Waals surface area contributed by atoms with E-state index in [2.05, 4.69) is 0 Å². The minimum Gasteiger partial charge on any atom is -0.456 e. The van der Waals surface area contributed by atoms with E-state index in [0.717, 1.165) is 15.4 Å². The summed E-state index contributed by atoms with van der Waals surface area (Å²) in [5.74, 6) is -0.828. The van der Waals surface area contributed by atoms with Crippen LogP contribution in [-0.2, 0) is 20.9 Å². The number of nitrogens with zero attached hydrogens (tertiary/aromatic N) is 1. The van der Waals surface area contributed by atoms with Crippen LogP contribution >= 0.6 is 11.8 Å². The van der Waals surface area contributed by atoms with Crippen LogP contribution in [0, 0.1) is 5.92 Å². The second-order valence-electron chi connectivity index (χ2n) is 7.42. The second-order valence-corrected chi connectivity index (χ2v) is 8.59. The van der Waals surface area contributed by atoms with Crippen LogP contribution < -0.4 is 0 Å². The third-order valence-electron chi connectivity index (χ3n) is 5.24. The molecule has 5 nitrogen and oxygen atoms in total. The molecule has 0 aromatic heterocycles. The van der Waals surface area contributed by atoms with Gasteiger partial charge in [-0.15, -0.1) is 0 Å². The van der Waals surface area contributed by atoms with Crippen molar-refractivity contribution in [1.82, 2.24) is 4.90 Å². The first-order valence-corrected chi connectivity index (χ1v) is 10.5. The number of esters is 1. The molecule has 3 atom stereocenters. The van der Waals surface area contributed by atoms with Crippen molar-refractivity contribution in [1.29, 1.82) is 0 Å². The topological polar surface area (TPSA) is 66.8 Å². The summed E-state index contributed by atoms with van der Waals surface area (Å²) in [6, 6.07) is 19.2. The Hall–Kier alpha value is -2.57. The zero-order valence-corrected chi connectivity index (χ0v) is 17.0. The highest BCUT2D eigenvalue weighted by atomic mass is 32.2. The maximum atomic E-state index is 12.9. The van der Waals surface area contributed by atoms with E-state index in [1.807, 2.05) is 60.7 Å². The SMILES string of the molecule is CC(O)CC1C(=O)N2C(C(=O)OCc3ccccc3)=C(Sc3ccccc3)CC12. The van der Waals surface area contributed by atoms with Gasteiger partial charge in [0.2, 0.25) is 5.91 Å². The van der Waals surface area contributed by atoms with E-state index in [1.54, 1.807) is 11.8 Å². The molecule has 29 heavy (non-hydrogen) atoms. The Morgan fingerprint density at radius 3 is 2.48 bits per heavy atom. The summed E-state index contributed by atoms with van der Waals surface area (Å²) in [5, 5.41) is 9.73. The van der Waals surface area contributed by atoms with Gasteiger partial charge in [0.25, 0.3) is 0 Å². The van der Waals surface area contributed by atoms with Gasteiger partial charge in [0.15, 0.2) is 0 Å². The van der Waals surface area contributed by atoms with E-state index < -0.39 is 12.1 Å². The van der Waals surface area contributed by atoms with Gasteiger partial charge in [-0.25, -0.2) is 4.79 Å². The van der Waals surface area contributed by atoms with Gasteiger partial charge in [-0.2, -0.15) is 0 Å². The van der Waals surface area contributed by atoms with E-state index in [9.17, 15) is 14.7 Å². The third-order valence-corrected chi connectivity index (χ3v) is 6.35. The van der Waals surface area contributed by atoms with E-state index in [4.69, 9.17) is 4.74 Å². The number of carbonyl (C=O) groups excluding carboxylic acids is 2. The molecule has 1 fully saturated rings. The molecule has 2 aromatic rings. The molecule has 0 aliphatic carbocycles. The predicted octanol–water partition coefficient (Wildman–Crippen LogP) is 3.74. The summed E-state index contributed by atoms with van der Waals surface area (Å²) in [7, 11) is 0. The molecule has 0 spiro atoms. The van der Waals surface area contributed by atoms with E-state index in [0.29, 0.717) is 18.5 Å². The molecule has 0 saturated carbocycles. The molecule has 1 N–H and O–H groups in total. The lowest BCUT2D eigenvalue weighted by Crippen LogP contribution is -2.59. The fourth-order valence-electron chi connectivity index (χ4n) is 3.88. The number of ether oxygens (including phenoxy) is 1. The third kappa shape index (κ3) is 4.09. The number of amides is 1. The molecular formula is C23H23NO4S. The number of fused-ring (bicyclic) bond motifs is 1. The maximum absolute atomic E-state index is 12.9. The van der Waals surface area contributed by atoms with Crippen molar-refractivity contribution in [2.75, 3.05) is 0 Å². The molecule has 2 aliphatic heterocycles. The van der Waals surface area contributed by atoms with Crippen molar-refractivity contribution in [3.05, 3.63) is 76.8 Å². The average Bonchev–Trinajstić information content (AvgIpc) is 3.07. The largest absolute Gasteiger partial charge is 0.456 e. The smallest absolute Gasteiger partial charge is 0.356 e. The van der Waals surface area contributed by atoms with Crippen LogP contribution in [0.1, 0.15) is 25.3 Å². The summed E-state index contributed by atoms with van der Waals surface area (Å²) < 4.78 is 5.54. The second kappa shape index (κ2) is 8.43. The Morgan fingerprint density at radius 2 is 1.83 bits per heavy atom. The van der Waals surface area contributed by atoms with Gasteiger partial charge in [0.05, 0.1) is 18.1 Å². The number of thioether (sulfide) groups is 1. The van der Waals surface area contributed by atoms with Crippen LogP contribution in [-0.4, -0.2) is 34.0 Å². The number of hydrogen-bond acceptors (Lipinski definition) is 5. The van der Waals surface area contributed by atoms with Gasteiger partial charge in [0, 0.05) is 16.2 Å². The highest BCUT2D eigenvalue weighted by Gasteiger charge is 2.55. The van der Waals surface area contributed by atoms with Crippen LogP contribution in [0.3, 0.4) is 0 Å². The number of β-lactam (4-membered cyclic amide) rings is 1. The Kier molecular flexibility index (Phi) is 5.74. The molecule has 6 heteroatoms. The molecule has 2 aromatic carbocycles. The van der Waals surface area contributed by atoms with Crippen LogP contribution in [0.2, 0.25) is 0 Å². The van der Waals surface area contributed by atoms with Crippen molar-refractivity contribution in [2.24, 2.45) is 5.92 Å². The minimum atomic E-state index is -0.551. The maximum Gasteiger partial charge on any atom is 0.356 e. The molecule has 0 radical (unpaired) electrons. The fraction of sp³-hybridized carbons (Fsp3) is 0.304. The van der Waals surface area contributed by atoms with Crippen LogP contribution in [0.4, 0.5) is 0 Å². The normalized spacial score (nSPS) is 21.6. The first-order valence-electron chi connectivity index (χ1n) is 9.73. The van der Waals surface area contributed by atoms with Gasteiger partial charge in [-0.1, -0.05) is 60.3 Å². The zero-order valence-electron chi connectivity index (χ0n) is 16.2. The number of aliphatic hydroxyl groups is 1. The lowest BCUT2D eigenvalue weighted by molar-refractivity contribution is -0.158. The molecule has 2 aliphatic rings. The number of hydrogen-bond donors (Lipinski definition) is 1. The fourth-order valence-corrected chi connectivity index (χ4v) is 5.00. The first-order chi connectivity index (χ1) is 14.0. The molecule has 1 amide bonds. The Balaban J connectivity index is 1.56. The van der Waals surface area contributed by atoms with Crippen molar-refractivity contribution >= 4 is 23.6 Å². The quantitative estimate of drug-likeness (QED) is 0.557. The Labute approximate surface area is 174 Å². The Bertz CT molecular complexity index is 926. The summed E-state index contributed by atoms with van der Waals surface area (Å²) in [4.78, 5) is 29.1. The lowest BCUT2D eigenvalue weighted by Gasteiger charge is -2.44. The average molecular weight is 410 g/mol. The van der Waals surface area contributed by atoms with Gasteiger partial charge in [-0.3, -0.25) is 4.79 Å². The summed E-state index contributed by atoms with van der Waals surface area (Å²) >= 11 is 1.50. The monoisotopic (exact) mass is 409 g/mol. The van der Waals surface area contributed by atoms with Crippen molar-refractivity contribution in [3.8, 4) is 0 Å². The van der Waals surface area contributed by atoms with Crippen LogP contribution in [0.5, 0.6) is 0 Å². The summed E-state index contributed by atoms with van der Waals surface area (Å²) in [6.07, 6.45) is 0.471. The molecule has 150 valence electrons. The molecule has 3 unspecified atom stereocenters. The highest BCUT2D eigenvalue weighted by Crippen LogP contribution is 2.49. The predicted molar refractivity (Wildman–Crippen MR) is 111 cm³/mol. The van der Waals surface area contributed by atoms with Gasteiger partial charge in [0.1, 0.15) is 12.3 Å². The van der Waals surface area contributed by atoms with Crippen LogP contribution in [0.25, 0.3) is 0 Å². The van der Waals surface area contributed by atoms with Crippen molar-refractivity contribution < 1.29 is 19.4 Å². The van der Waals surface area contributed by atoms with Gasteiger partial charge < -0.3 is 14.7 Å². The van der Waals surface area contributed by atoms with Crippen LogP contribution in [0.15, 0.2) is 76.2 Å². The van der Waals surface area contributed by atoms with E-state index in [-0.39, 0.29) is 24.5 Å². The first kappa shape index (κ1) is 19.7.